The van der Waals surface area contributed by atoms with Gasteiger partial charge in [-0.05, 0) is 12.2 Å². The maximum atomic E-state index is 11.2. The number of thioether (sulfide) groups is 1. The molecule has 0 aromatic carbocycles. The summed E-state index contributed by atoms with van der Waals surface area (Å²) >= 11 is 11.2. The zero-order chi connectivity index (χ0) is 10.6. The minimum absolute atomic E-state index is 0.0808. The largest absolute Gasteiger partial charge is 0.358 e. The van der Waals surface area contributed by atoms with Gasteiger partial charge in [-0.1, -0.05) is 30.1 Å². The van der Waals surface area contributed by atoms with E-state index >= 15 is 0 Å². The molecular weight excluding hydrogens is 238 g/mol. The number of nitrogens with zero attached hydrogens (tertiary/aromatic N) is 1. The lowest BCUT2D eigenvalue weighted by Crippen LogP contribution is -2.49. The molecule has 1 aliphatic rings. The van der Waals surface area contributed by atoms with Crippen LogP contribution in [-0.2, 0) is 4.79 Å². The van der Waals surface area contributed by atoms with Crippen molar-refractivity contribution in [3.05, 3.63) is 12.7 Å². The zero-order valence-electron chi connectivity index (χ0n) is 7.28. The van der Waals surface area contributed by atoms with Crippen LogP contribution in [-0.4, -0.2) is 32.6 Å². The molecule has 0 atom stereocenters. The van der Waals surface area contributed by atoms with Crippen molar-refractivity contribution in [2.45, 2.75) is 0 Å². The van der Waals surface area contributed by atoms with Gasteiger partial charge in [0.25, 0.3) is 5.91 Å². The quantitative estimate of drug-likeness (QED) is 0.556. The lowest BCUT2D eigenvalue weighted by Gasteiger charge is -2.17. The standard InChI is InChI=1S/C7H9N3OS3/c1-2-3-8-6(12)9-10-5(11)4-14-7(10)13/h2H,1,3-4H2,(H2,8,9,12). The van der Waals surface area contributed by atoms with Gasteiger partial charge in [-0.25, -0.2) is 5.01 Å². The Balaban J connectivity index is 2.42. The molecule has 0 saturated carbocycles. The predicted molar refractivity (Wildman–Crippen MR) is 65.8 cm³/mol. The molecule has 1 rings (SSSR count). The zero-order valence-corrected chi connectivity index (χ0v) is 9.73. The number of hydrogen-bond acceptors (Lipinski definition) is 4. The smallest absolute Gasteiger partial charge is 0.257 e. The van der Waals surface area contributed by atoms with Crippen LogP contribution in [0.2, 0.25) is 0 Å². The van der Waals surface area contributed by atoms with Crippen LogP contribution in [0.25, 0.3) is 0 Å². The topological polar surface area (TPSA) is 44.4 Å². The van der Waals surface area contributed by atoms with Gasteiger partial charge in [0.2, 0.25) is 0 Å². The van der Waals surface area contributed by atoms with Crippen molar-refractivity contribution in [3.8, 4) is 0 Å². The van der Waals surface area contributed by atoms with Crippen LogP contribution in [0, 0.1) is 0 Å². The summed E-state index contributed by atoms with van der Waals surface area (Å²) in [5.41, 5.74) is 2.71. The number of carbonyl (C=O) groups excluding carboxylic acids is 1. The average Bonchev–Trinajstić information content (AvgIpc) is 2.46. The minimum atomic E-state index is -0.0808. The Labute approximate surface area is 97.1 Å². The van der Waals surface area contributed by atoms with Crippen LogP contribution in [0.3, 0.4) is 0 Å². The first kappa shape index (κ1) is 11.4. The summed E-state index contributed by atoms with van der Waals surface area (Å²) < 4.78 is 0.498. The molecule has 0 bridgehead atoms. The van der Waals surface area contributed by atoms with Crippen LogP contribution in [0.5, 0.6) is 0 Å². The van der Waals surface area contributed by atoms with Gasteiger partial charge in [0.1, 0.15) is 0 Å². The molecule has 1 amide bonds. The molecular formula is C7H9N3OS3. The van der Waals surface area contributed by atoms with E-state index in [9.17, 15) is 4.79 Å². The first-order valence-electron chi connectivity index (χ1n) is 3.80. The van der Waals surface area contributed by atoms with Crippen molar-refractivity contribution < 1.29 is 4.79 Å². The van der Waals surface area contributed by atoms with E-state index in [0.717, 1.165) is 0 Å². The van der Waals surface area contributed by atoms with Crippen molar-refractivity contribution in [2.24, 2.45) is 0 Å². The normalized spacial score (nSPS) is 15.6. The van der Waals surface area contributed by atoms with E-state index in [1.165, 1.54) is 16.8 Å². The van der Waals surface area contributed by atoms with E-state index in [-0.39, 0.29) is 5.91 Å². The molecule has 0 aromatic rings. The van der Waals surface area contributed by atoms with Gasteiger partial charge in [0, 0.05) is 6.54 Å². The number of thiocarbonyl (C=S) groups is 2. The number of hydrazine groups is 1. The molecule has 1 aliphatic heterocycles. The Morgan fingerprint density at radius 3 is 3.00 bits per heavy atom. The maximum absolute atomic E-state index is 11.2. The third-order valence-electron chi connectivity index (χ3n) is 1.37. The van der Waals surface area contributed by atoms with Crippen molar-refractivity contribution in [3.63, 3.8) is 0 Å². The Morgan fingerprint density at radius 2 is 2.50 bits per heavy atom. The van der Waals surface area contributed by atoms with E-state index in [1.807, 2.05) is 0 Å². The number of amides is 1. The average molecular weight is 247 g/mol. The SMILES string of the molecule is C=CCNC(=S)NN1C(=O)CSC1=S. The molecule has 0 aromatic heterocycles. The summed E-state index contributed by atoms with van der Waals surface area (Å²) in [5, 5.41) is 4.48. The molecule has 14 heavy (non-hydrogen) atoms. The van der Waals surface area contributed by atoms with Gasteiger partial charge >= 0.3 is 0 Å². The maximum Gasteiger partial charge on any atom is 0.257 e. The van der Waals surface area contributed by atoms with Gasteiger partial charge in [0.15, 0.2) is 9.43 Å². The van der Waals surface area contributed by atoms with Crippen molar-refractivity contribution in [2.75, 3.05) is 12.3 Å². The number of hydrogen-bond donors (Lipinski definition) is 2. The molecule has 2 N–H and O–H groups in total. The number of carbonyl (C=O) groups is 1. The lowest BCUT2D eigenvalue weighted by atomic mass is 10.6. The molecule has 0 unspecified atom stereocenters. The van der Waals surface area contributed by atoms with Crippen LogP contribution < -0.4 is 10.7 Å². The molecule has 1 heterocycles. The second-order valence-electron chi connectivity index (χ2n) is 2.39. The predicted octanol–water partition coefficient (Wildman–Crippen LogP) is 0.412. The summed E-state index contributed by atoms with van der Waals surface area (Å²) in [6.45, 7) is 4.08. The molecule has 0 aliphatic carbocycles. The van der Waals surface area contributed by atoms with Crippen LogP contribution in [0.4, 0.5) is 0 Å². The van der Waals surface area contributed by atoms with Crippen LogP contribution >= 0.6 is 36.2 Å². The number of rotatable bonds is 3. The van der Waals surface area contributed by atoms with E-state index in [0.29, 0.717) is 21.7 Å². The van der Waals surface area contributed by atoms with Crippen molar-refractivity contribution in [1.82, 2.24) is 15.8 Å². The van der Waals surface area contributed by atoms with Gasteiger partial charge < -0.3 is 5.32 Å². The Morgan fingerprint density at radius 1 is 1.79 bits per heavy atom. The highest BCUT2D eigenvalue weighted by molar-refractivity contribution is 8.23. The molecule has 0 radical (unpaired) electrons. The third-order valence-corrected chi connectivity index (χ3v) is 2.96. The summed E-state index contributed by atoms with van der Waals surface area (Å²) in [5.74, 6) is 0.290. The molecule has 7 heteroatoms. The first-order valence-corrected chi connectivity index (χ1v) is 5.60. The molecule has 1 saturated heterocycles. The van der Waals surface area contributed by atoms with Gasteiger partial charge in [-0.3, -0.25) is 10.2 Å². The first-order chi connectivity index (χ1) is 6.65. The van der Waals surface area contributed by atoms with Gasteiger partial charge in [-0.15, -0.1) is 6.58 Å². The fraction of sp³-hybridized carbons (Fsp3) is 0.286. The molecule has 4 nitrogen and oxygen atoms in total. The summed E-state index contributed by atoms with van der Waals surface area (Å²) in [6.07, 6.45) is 1.67. The number of nitrogens with one attached hydrogen (secondary N) is 2. The highest BCUT2D eigenvalue weighted by Gasteiger charge is 2.27. The fourth-order valence-electron chi connectivity index (χ4n) is 0.768. The second-order valence-corrected chi connectivity index (χ2v) is 4.41. The highest BCUT2D eigenvalue weighted by Crippen LogP contribution is 2.16. The highest BCUT2D eigenvalue weighted by atomic mass is 32.2. The Hall–Kier alpha value is -0.660. The molecule has 1 fully saturated rings. The lowest BCUT2D eigenvalue weighted by molar-refractivity contribution is -0.125. The van der Waals surface area contributed by atoms with E-state index < -0.39 is 0 Å². The van der Waals surface area contributed by atoms with Crippen molar-refractivity contribution >= 4 is 51.5 Å². The molecule has 76 valence electrons. The second kappa shape index (κ2) is 5.28. The summed E-state index contributed by atoms with van der Waals surface area (Å²) in [4.78, 5) is 11.2. The minimum Gasteiger partial charge on any atom is -0.358 e. The summed E-state index contributed by atoms with van der Waals surface area (Å²) in [7, 11) is 0. The van der Waals surface area contributed by atoms with E-state index in [2.05, 4.69) is 17.3 Å². The molecule has 0 spiro atoms. The monoisotopic (exact) mass is 247 g/mol. The summed E-state index contributed by atoms with van der Waals surface area (Å²) in [6, 6.07) is 0. The Kier molecular flexibility index (Phi) is 4.30. The van der Waals surface area contributed by atoms with Crippen LogP contribution in [0.1, 0.15) is 0 Å². The third kappa shape index (κ3) is 2.93. The van der Waals surface area contributed by atoms with Crippen LogP contribution in [0.15, 0.2) is 12.7 Å². The fourth-order valence-corrected chi connectivity index (χ4v) is 1.92. The van der Waals surface area contributed by atoms with Crippen molar-refractivity contribution in [1.29, 1.82) is 0 Å². The Bertz CT molecular complexity index is 276. The van der Waals surface area contributed by atoms with E-state index in [1.54, 1.807) is 6.08 Å². The van der Waals surface area contributed by atoms with E-state index in [4.69, 9.17) is 24.4 Å². The van der Waals surface area contributed by atoms with Gasteiger partial charge in [-0.2, -0.15) is 0 Å². The van der Waals surface area contributed by atoms with Gasteiger partial charge in [0.05, 0.1) is 5.75 Å².